The van der Waals surface area contributed by atoms with Gasteiger partial charge in [0.25, 0.3) is 0 Å². The van der Waals surface area contributed by atoms with Crippen LogP contribution in [0.3, 0.4) is 0 Å². The Morgan fingerprint density at radius 2 is 2.21 bits per heavy atom. The molecular weight excluding hydrogens is 242 g/mol. The van der Waals surface area contributed by atoms with Gasteiger partial charge in [0.15, 0.2) is 0 Å². The zero-order valence-corrected chi connectivity index (χ0v) is 10.0. The molecule has 1 aromatic carbocycles. The lowest BCUT2D eigenvalue weighted by Gasteiger charge is -2.17. The van der Waals surface area contributed by atoms with Crippen LogP contribution in [0.2, 0.25) is 0 Å². The monoisotopic (exact) mass is 255 g/mol. The van der Waals surface area contributed by atoms with E-state index in [1.54, 1.807) is 11.9 Å². The maximum absolute atomic E-state index is 11.6. The number of carbonyl (C=O) groups is 1. The molecule has 0 atom stereocenters. The van der Waals surface area contributed by atoms with Gasteiger partial charge in [-0.3, -0.25) is 4.79 Å². The third kappa shape index (κ3) is 2.84. The molecular formula is C11H14BrNO. The van der Waals surface area contributed by atoms with Crippen LogP contribution >= 0.6 is 15.9 Å². The number of benzene rings is 1. The van der Waals surface area contributed by atoms with Crippen molar-refractivity contribution in [3.8, 4) is 0 Å². The molecule has 1 amide bonds. The fraction of sp³-hybridized carbons (Fsp3) is 0.364. The second kappa shape index (κ2) is 5.15. The Bertz CT molecular complexity index is 325. The summed E-state index contributed by atoms with van der Waals surface area (Å²) in [5.74, 6) is 0.158. The molecule has 0 spiro atoms. The van der Waals surface area contributed by atoms with Crippen LogP contribution in [0.4, 0.5) is 5.69 Å². The standard InChI is InChI=1S/C11H14BrNO/c1-3-5-11(14)13(2)10-7-4-6-9(12)8-10/h4,6-8H,3,5H2,1-2H3. The Morgan fingerprint density at radius 1 is 1.50 bits per heavy atom. The fourth-order valence-electron chi connectivity index (χ4n) is 1.21. The molecule has 0 heterocycles. The van der Waals surface area contributed by atoms with E-state index >= 15 is 0 Å². The summed E-state index contributed by atoms with van der Waals surface area (Å²) in [6, 6.07) is 7.74. The summed E-state index contributed by atoms with van der Waals surface area (Å²) in [6.07, 6.45) is 1.49. The minimum absolute atomic E-state index is 0.158. The number of carbonyl (C=O) groups excluding carboxylic acids is 1. The predicted molar refractivity (Wildman–Crippen MR) is 62.5 cm³/mol. The number of halogens is 1. The topological polar surface area (TPSA) is 20.3 Å². The molecule has 0 fully saturated rings. The summed E-state index contributed by atoms with van der Waals surface area (Å²) in [5.41, 5.74) is 0.929. The van der Waals surface area contributed by atoms with Crippen molar-refractivity contribution >= 4 is 27.5 Å². The number of hydrogen-bond acceptors (Lipinski definition) is 1. The van der Waals surface area contributed by atoms with Gasteiger partial charge in [-0.1, -0.05) is 28.9 Å². The van der Waals surface area contributed by atoms with Crippen molar-refractivity contribution in [3.05, 3.63) is 28.7 Å². The van der Waals surface area contributed by atoms with E-state index < -0.39 is 0 Å². The molecule has 2 nitrogen and oxygen atoms in total. The lowest BCUT2D eigenvalue weighted by molar-refractivity contribution is -0.118. The molecule has 0 aliphatic rings. The first-order valence-corrected chi connectivity index (χ1v) is 5.46. The largest absolute Gasteiger partial charge is 0.315 e. The average Bonchev–Trinajstić information content (AvgIpc) is 2.17. The van der Waals surface area contributed by atoms with Crippen molar-refractivity contribution < 1.29 is 4.79 Å². The van der Waals surface area contributed by atoms with E-state index in [0.717, 1.165) is 16.6 Å². The van der Waals surface area contributed by atoms with Crippen molar-refractivity contribution in [3.63, 3.8) is 0 Å². The van der Waals surface area contributed by atoms with Gasteiger partial charge < -0.3 is 4.90 Å². The molecule has 0 aliphatic carbocycles. The average molecular weight is 256 g/mol. The summed E-state index contributed by atoms with van der Waals surface area (Å²) in [6.45, 7) is 2.01. The summed E-state index contributed by atoms with van der Waals surface area (Å²) in [5, 5.41) is 0. The molecule has 0 aliphatic heterocycles. The highest BCUT2D eigenvalue weighted by Crippen LogP contribution is 2.19. The quantitative estimate of drug-likeness (QED) is 0.813. The highest BCUT2D eigenvalue weighted by molar-refractivity contribution is 9.10. The Balaban J connectivity index is 2.78. The van der Waals surface area contributed by atoms with Crippen molar-refractivity contribution in [2.45, 2.75) is 19.8 Å². The zero-order chi connectivity index (χ0) is 10.6. The second-order valence-electron chi connectivity index (χ2n) is 3.18. The Labute approximate surface area is 93.0 Å². The lowest BCUT2D eigenvalue weighted by Crippen LogP contribution is -2.25. The minimum Gasteiger partial charge on any atom is -0.315 e. The minimum atomic E-state index is 0.158. The molecule has 0 saturated carbocycles. The van der Waals surface area contributed by atoms with Gasteiger partial charge in [-0.2, -0.15) is 0 Å². The van der Waals surface area contributed by atoms with Gasteiger partial charge >= 0.3 is 0 Å². The van der Waals surface area contributed by atoms with Gasteiger partial charge in [0.2, 0.25) is 5.91 Å². The van der Waals surface area contributed by atoms with Gasteiger partial charge in [-0.15, -0.1) is 0 Å². The van der Waals surface area contributed by atoms with Crippen LogP contribution < -0.4 is 4.90 Å². The van der Waals surface area contributed by atoms with E-state index in [1.165, 1.54) is 0 Å². The molecule has 0 aromatic heterocycles. The summed E-state index contributed by atoms with van der Waals surface area (Å²) in [4.78, 5) is 13.3. The van der Waals surface area contributed by atoms with Crippen LogP contribution in [0.1, 0.15) is 19.8 Å². The first kappa shape index (κ1) is 11.2. The molecule has 0 radical (unpaired) electrons. The Hall–Kier alpha value is -0.830. The second-order valence-corrected chi connectivity index (χ2v) is 4.10. The Morgan fingerprint density at radius 3 is 2.79 bits per heavy atom. The van der Waals surface area contributed by atoms with Crippen LogP contribution in [0, 0.1) is 0 Å². The van der Waals surface area contributed by atoms with Crippen LogP contribution in [0.25, 0.3) is 0 Å². The van der Waals surface area contributed by atoms with Gasteiger partial charge in [-0.05, 0) is 24.6 Å². The molecule has 0 N–H and O–H groups in total. The van der Waals surface area contributed by atoms with E-state index in [1.807, 2.05) is 31.2 Å². The van der Waals surface area contributed by atoms with Crippen LogP contribution in [-0.4, -0.2) is 13.0 Å². The summed E-state index contributed by atoms with van der Waals surface area (Å²) >= 11 is 3.38. The molecule has 0 bridgehead atoms. The van der Waals surface area contributed by atoms with Crippen LogP contribution in [0.5, 0.6) is 0 Å². The smallest absolute Gasteiger partial charge is 0.226 e. The predicted octanol–water partition coefficient (Wildman–Crippen LogP) is 3.21. The summed E-state index contributed by atoms with van der Waals surface area (Å²) < 4.78 is 0.992. The number of rotatable bonds is 3. The van der Waals surface area contributed by atoms with Crippen LogP contribution in [-0.2, 0) is 4.79 Å². The highest BCUT2D eigenvalue weighted by atomic mass is 79.9. The van der Waals surface area contributed by atoms with E-state index in [0.29, 0.717) is 6.42 Å². The maximum atomic E-state index is 11.6. The molecule has 1 rings (SSSR count). The molecule has 14 heavy (non-hydrogen) atoms. The van der Waals surface area contributed by atoms with Crippen molar-refractivity contribution in [1.82, 2.24) is 0 Å². The van der Waals surface area contributed by atoms with Gasteiger partial charge in [0.1, 0.15) is 0 Å². The highest BCUT2D eigenvalue weighted by Gasteiger charge is 2.09. The van der Waals surface area contributed by atoms with Crippen molar-refractivity contribution in [2.24, 2.45) is 0 Å². The van der Waals surface area contributed by atoms with E-state index in [2.05, 4.69) is 15.9 Å². The normalized spacial score (nSPS) is 9.93. The molecule has 76 valence electrons. The van der Waals surface area contributed by atoms with Gasteiger partial charge in [0, 0.05) is 23.6 Å². The number of anilines is 1. The van der Waals surface area contributed by atoms with E-state index in [9.17, 15) is 4.79 Å². The van der Waals surface area contributed by atoms with Crippen molar-refractivity contribution in [2.75, 3.05) is 11.9 Å². The maximum Gasteiger partial charge on any atom is 0.226 e. The third-order valence-corrected chi connectivity index (χ3v) is 2.53. The summed E-state index contributed by atoms with van der Waals surface area (Å²) in [7, 11) is 1.81. The Kier molecular flexibility index (Phi) is 4.14. The fourth-order valence-corrected chi connectivity index (χ4v) is 1.60. The first-order valence-electron chi connectivity index (χ1n) is 4.67. The molecule has 0 unspecified atom stereocenters. The van der Waals surface area contributed by atoms with E-state index in [-0.39, 0.29) is 5.91 Å². The van der Waals surface area contributed by atoms with Gasteiger partial charge in [-0.25, -0.2) is 0 Å². The number of nitrogens with zero attached hydrogens (tertiary/aromatic N) is 1. The number of hydrogen-bond donors (Lipinski definition) is 0. The lowest BCUT2D eigenvalue weighted by atomic mass is 10.2. The molecule has 1 aromatic rings. The molecule has 3 heteroatoms. The number of amides is 1. The first-order chi connectivity index (χ1) is 6.65. The van der Waals surface area contributed by atoms with E-state index in [4.69, 9.17) is 0 Å². The molecule has 0 saturated heterocycles. The zero-order valence-electron chi connectivity index (χ0n) is 8.46. The van der Waals surface area contributed by atoms with Crippen molar-refractivity contribution in [1.29, 1.82) is 0 Å². The third-order valence-electron chi connectivity index (χ3n) is 2.03. The van der Waals surface area contributed by atoms with Crippen LogP contribution in [0.15, 0.2) is 28.7 Å². The van der Waals surface area contributed by atoms with Gasteiger partial charge in [0.05, 0.1) is 0 Å². The SMILES string of the molecule is CCCC(=O)N(C)c1cccc(Br)c1.